The molecule has 0 bridgehead atoms. The second-order valence-electron chi connectivity index (χ2n) is 8.85. The standard InChI is InChI=1S/C28H26BrN3O5S2/c1-20-9-13-27(14-10-20)39(36,37)32(25-8-4-6-22(29)18-25)19-28(33)30-23-11-15-26(16-12-23)38(34,35)31-24-7-3-5-21(2)17-24/h3-18,31H,19H2,1-2H3,(H,30,33). The second-order valence-corrected chi connectivity index (χ2v) is 13.3. The number of halogens is 1. The Balaban J connectivity index is 1.53. The predicted molar refractivity (Wildman–Crippen MR) is 157 cm³/mol. The van der Waals surface area contributed by atoms with Crippen LogP contribution in [0.2, 0.25) is 0 Å². The quantitative estimate of drug-likeness (QED) is 0.247. The van der Waals surface area contributed by atoms with Crippen LogP contribution in [0, 0.1) is 13.8 Å². The average molecular weight is 629 g/mol. The van der Waals surface area contributed by atoms with Crippen LogP contribution in [0.5, 0.6) is 0 Å². The fourth-order valence-electron chi connectivity index (χ4n) is 3.75. The third-order valence-electron chi connectivity index (χ3n) is 5.71. The van der Waals surface area contributed by atoms with E-state index in [0.717, 1.165) is 15.4 Å². The lowest BCUT2D eigenvalue weighted by Gasteiger charge is -2.24. The summed E-state index contributed by atoms with van der Waals surface area (Å²) < 4.78 is 56.8. The molecule has 0 fully saturated rings. The van der Waals surface area contributed by atoms with Crippen molar-refractivity contribution in [2.45, 2.75) is 23.6 Å². The highest BCUT2D eigenvalue weighted by atomic mass is 79.9. The van der Waals surface area contributed by atoms with E-state index in [0.29, 0.717) is 21.5 Å². The van der Waals surface area contributed by atoms with Gasteiger partial charge < -0.3 is 5.32 Å². The number of hydrogen-bond acceptors (Lipinski definition) is 5. The summed E-state index contributed by atoms with van der Waals surface area (Å²) in [6.07, 6.45) is 0. The molecule has 0 heterocycles. The van der Waals surface area contributed by atoms with Gasteiger partial charge in [0.05, 0.1) is 15.5 Å². The Morgan fingerprint density at radius 1 is 0.744 bits per heavy atom. The molecular formula is C28H26BrN3O5S2. The summed E-state index contributed by atoms with van der Waals surface area (Å²) in [5.41, 5.74) is 2.88. The maximum atomic E-state index is 13.5. The third-order valence-corrected chi connectivity index (χ3v) is 9.39. The fraction of sp³-hybridized carbons (Fsp3) is 0.107. The Hall–Kier alpha value is -3.67. The predicted octanol–water partition coefficient (Wildman–Crippen LogP) is 5.70. The number of anilines is 3. The monoisotopic (exact) mass is 627 g/mol. The van der Waals surface area contributed by atoms with Gasteiger partial charge in [-0.2, -0.15) is 0 Å². The van der Waals surface area contributed by atoms with Crippen LogP contribution in [0.15, 0.2) is 111 Å². The number of nitrogens with zero attached hydrogens (tertiary/aromatic N) is 1. The van der Waals surface area contributed by atoms with E-state index in [-0.39, 0.29) is 9.79 Å². The molecule has 0 aliphatic rings. The van der Waals surface area contributed by atoms with Crippen LogP contribution < -0.4 is 14.3 Å². The van der Waals surface area contributed by atoms with Gasteiger partial charge in [0, 0.05) is 15.8 Å². The van der Waals surface area contributed by atoms with Crippen LogP contribution in [0.25, 0.3) is 0 Å². The van der Waals surface area contributed by atoms with E-state index in [1.54, 1.807) is 54.6 Å². The Kier molecular flexibility index (Phi) is 8.43. The van der Waals surface area contributed by atoms with E-state index in [4.69, 9.17) is 0 Å². The number of aryl methyl sites for hydroxylation is 2. The lowest BCUT2D eigenvalue weighted by Crippen LogP contribution is -2.38. The molecule has 0 unspecified atom stereocenters. The SMILES string of the molecule is Cc1ccc(S(=O)(=O)N(CC(=O)Nc2ccc(S(=O)(=O)Nc3cccc(C)c3)cc2)c2cccc(Br)c2)cc1. The van der Waals surface area contributed by atoms with Crippen molar-refractivity contribution in [3.8, 4) is 0 Å². The van der Waals surface area contributed by atoms with Gasteiger partial charge in [-0.05, 0) is 86.1 Å². The molecule has 0 radical (unpaired) electrons. The minimum atomic E-state index is -4.07. The summed E-state index contributed by atoms with van der Waals surface area (Å²) in [5, 5.41) is 2.65. The molecule has 39 heavy (non-hydrogen) atoms. The van der Waals surface area contributed by atoms with Crippen LogP contribution in [-0.2, 0) is 24.8 Å². The van der Waals surface area contributed by atoms with Crippen molar-refractivity contribution >= 4 is 58.9 Å². The summed E-state index contributed by atoms with van der Waals surface area (Å²) in [7, 11) is -7.91. The van der Waals surface area contributed by atoms with Gasteiger partial charge in [-0.3, -0.25) is 13.8 Å². The normalized spacial score (nSPS) is 11.6. The molecule has 0 spiro atoms. The van der Waals surface area contributed by atoms with Gasteiger partial charge in [-0.15, -0.1) is 0 Å². The largest absolute Gasteiger partial charge is 0.325 e. The summed E-state index contributed by atoms with van der Waals surface area (Å²) in [4.78, 5) is 13.1. The molecule has 0 saturated carbocycles. The lowest BCUT2D eigenvalue weighted by molar-refractivity contribution is -0.114. The van der Waals surface area contributed by atoms with Gasteiger partial charge in [0.2, 0.25) is 5.91 Å². The zero-order valence-electron chi connectivity index (χ0n) is 21.1. The van der Waals surface area contributed by atoms with Crippen LogP contribution >= 0.6 is 15.9 Å². The Bertz CT molecular complexity index is 1710. The number of carbonyl (C=O) groups is 1. The van der Waals surface area contributed by atoms with Crippen molar-refractivity contribution in [1.82, 2.24) is 0 Å². The van der Waals surface area contributed by atoms with Crippen molar-refractivity contribution < 1.29 is 21.6 Å². The molecule has 0 aliphatic carbocycles. The van der Waals surface area contributed by atoms with E-state index in [2.05, 4.69) is 26.0 Å². The second kappa shape index (κ2) is 11.6. The zero-order valence-corrected chi connectivity index (χ0v) is 24.3. The van der Waals surface area contributed by atoms with Crippen LogP contribution in [0.3, 0.4) is 0 Å². The molecule has 0 saturated heterocycles. The zero-order chi connectivity index (χ0) is 28.2. The minimum absolute atomic E-state index is 0.0136. The fourth-order valence-corrected chi connectivity index (χ4v) is 6.60. The van der Waals surface area contributed by atoms with Gasteiger partial charge in [0.15, 0.2) is 0 Å². The number of sulfonamides is 2. The number of carbonyl (C=O) groups excluding carboxylic acids is 1. The van der Waals surface area contributed by atoms with E-state index < -0.39 is 32.5 Å². The molecular weight excluding hydrogens is 602 g/mol. The average Bonchev–Trinajstić information content (AvgIpc) is 2.87. The molecule has 4 aromatic rings. The summed E-state index contributed by atoms with van der Waals surface area (Å²) in [6.45, 7) is 3.21. The van der Waals surface area contributed by atoms with Crippen molar-refractivity contribution in [3.63, 3.8) is 0 Å². The molecule has 0 atom stereocenters. The van der Waals surface area contributed by atoms with E-state index >= 15 is 0 Å². The van der Waals surface area contributed by atoms with Crippen molar-refractivity contribution in [1.29, 1.82) is 0 Å². The molecule has 202 valence electrons. The van der Waals surface area contributed by atoms with Gasteiger partial charge in [0.25, 0.3) is 20.0 Å². The van der Waals surface area contributed by atoms with Gasteiger partial charge >= 0.3 is 0 Å². The molecule has 4 rings (SSSR count). The third kappa shape index (κ3) is 7.05. The summed E-state index contributed by atoms with van der Waals surface area (Å²) >= 11 is 3.35. The molecule has 8 nitrogen and oxygen atoms in total. The molecule has 0 aromatic heterocycles. The number of amides is 1. The van der Waals surface area contributed by atoms with Gasteiger partial charge in [-0.1, -0.05) is 51.8 Å². The first kappa shape index (κ1) is 28.3. The first-order valence-electron chi connectivity index (χ1n) is 11.8. The Morgan fingerprint density at radius 2 is 1.38 bits per heavy atom. The number of hydrogen-bond donors (Lipinski definition) is 2. The summed E-state index contributed by atoms with van der Waals surface area (Å²) in [5.74, 6) is -0.598. The van der Waals surface area contributed by atoms with Crippen LogP contribution in [-0.4, -0.2) is 29.3 Å². The smallest absolute Gasteiger partial charge is 0.264 e. The molecule has 2 N–H and O–H groups in total. The highest BCUT2D eigenvalue weighted by Crippen LogP contribution is 2.27. The molecule has 0 aliphatic heterocycles. The first-order valence-corrected chi connectivity index (χ1v) is 15.5. The maximum absolute atomic E-state index is 13.5. The Labute approximate surface area is 236 Å². The molecule has 4 aromatic carbocycles. The topological polar surface area (TPSA) is 113 Å². The van der Waals surface area contributed by atoms with E-state index in [9.17, 15) is 21.6 Å². The first-order chi connectivity index (χ1) is 18.4. The van der Waals surface area contributed by atoms with Crippen LogP contribution in [0.4, 0.5) is 17.1 Å². The number of rotatable bonds is 9. The Morgan fingerprint density at radius 3 is 2.03 bits per heavy atom. The van der Waals surface area contributed by atoms with Gasteiger partial charge in [-0.25, -0.2) is 16.8 Å². The number of benzene rings is 4. The number of nitrogens with one attached hydrogen (secondary N) is 2. The highest BCUT2D eigenvalue weighted by Gasteiger charge is 2.27. The summed E-state index contributed by atoms with van der Waals surface area (Å²) in [6, 6.07) is 25.6. The van der Waals surface area contributed by atoms with Crippen molar-refractivity contribution in [2.75, 3.05) is 20.9 Å². The van der Waals surface area contributed by atoms with E-state index in [1.807, 2.05) is 19.9 Å². The minimum Gasteiger partial charge on any atom is -0.325 e. The van der Waals surface area contributed by atoms with Crippen LogP contribution in [0.1, 0.15) is 11.1 Å². The van der Waals surface area contributed by atoms with E-state index in [1.165, 1.54) is 36.4 Å². The van der Waals surface area contributed by atoms with Crippen molar-refractivity contribution in [3.05, 3.63) is 113 Å². The molecule has 11 heteroatoms. The van der Waals surface area contributed by atoms with Gasteiger partial charge in [0.1, 0.15) is 6.54 Å². The van der Waals surface area contributed by atoms with Crippen molar-refractivity contribution in [2.24, 2.45) is 0 Å². The maximum Gasteiger partial charge on any atom is 0.264 e. The lowest BCUT2D eigenvalue weighted by atomic mass is 10.2. The highest BCUT2D eigenvalue weighted by molar-refractivity contribution is 9.10. The molecule has 1 amide bonds.